The number of aryl methyl sites for hydroxylation is 1. The quantitative estimate of drug-likeness (QED) is 0.882. The van der Waals surface area contributed by atoms with Gasteiger partial charge in [-0.05, 0) is 26.0 Å². The van der Waals surface area contributed by atoms with E-state index in [1.165, 1.54) is 6.20 Å². The van der Waals surface area contributed by atoms with Crippen molar-refractivity contribution >= 4 is 11.3 Å². The molecule has 0 spiro atoms. The number of aromatic nitrogens is 2. The van der Waals surface area contributed by atoms with Gasteiger partial charge in [0.1, 0.15) is 5.82 Å². The molecule has 2 aromatic rings. The monoisotopic (exact) mass is 279 g/mol. The molecule has 3 nitrogen and oxygen atoms in total. The van der Waals surface area contributed by atoms with Crippen LogP contribution >= 0.6 is 11.3 Å². The van der Waals surface area contributed by atoms with Crippen LogP contribution in [0.2, 0.25) is 0 Å². The van der Waals surface area contributed by atoms with Crippen LogP contribution in [0.1, 0.15) is 35.7 Å². The molecule has 0 aliphatic heterocycles. The summed E-state index contributed by atoms with van der Waals surface area (Å²) < 4.78 is 13.9. The fourth-order valence-electron chi connectivity index (χ4n) is 1.95. The highest BCUT2D eigenvalue weighted by Gasteiger charge is 2.17. The third-order valence-electron chi connectivity index (χ3n) is 2.87. The molecule has 0 aliphatic rings. The lowest BCUT2D eigenvalue weighted by Crippen LogP contribution is -2.25. The fraction of sp³-hybridized carbons (Fsp3) is 0.429. The lowest BCUT2D eigenvalue weighted by atomic mass is 10.0. The molecule has 5 heteroatoms. The smallest absolute Gasteiger partial charge is 0.146 e. The minimum Gasteiger partial charge on any atom is -0.309 e. The molecule has 0 fully saturated rings. The first kappa shape index (κ1) is 14.1. The predicted molar refractivity (Wildman–Crippen MR) is 75.8 cm³/mol. The lowest BCUT2D eigenvalue weighted by molar-refractivity contribution is 0.494. The number of hydrogen-bond acceptors (Lipinski definition) is 4. The van der Waals surface area contributed by atoms with Crippen LogP contribution in [0.25, 0.3) is 0 Å². The van der Waals surface area contributed by atoms with Crippen LogP contribution in [-0.4, -0.2) is 16.5 Å². The van der Waals surface area contributed by atoms with Crippen molar-refractivity contribution in [3.63, 3.8) is 0 Å². The number of pyridine rings is 1. The Morgan fingerprint density at radius 2 is 2.32 bits per heavy atom. The van der Waals surface area contributed by atoms with E-state index in [-0.39, 0.29) is 11.9 Å². The van der Waals surface area contributed by atoms with Gasteiger partial charge in [-0.3, -0.25) is 4.98 Å². The maximum Gasteiger partial charge on any atom is 0.146 e. The van der Waals surface area contributed by atoms with Gasteiger partial charge in [0.2, 0.25) is 0 Å². The summed E-state index contributed by atoms with van der Waals surface area (Å²) in [6.07, 6.45) is 4.62. The van der Waals surface area contributed by atoms with Crippen LogP contribution in [0.5, 0.6) is 0 Å². The molecule has 0 bridgehead atoms. The van der Waals surface area contributed by atoms with Crippen LogP contribution in [0, 0.1) is 12.7 Å². The zero-order chi connectivity index (χ0) is 13.7. The van der Waals surface area contributed by atoms with E-state index in [9.17, 15) is 4.39 Å². The van der Waals surface area contributed by atoms with Gasteiger partial charge in [0.05, 0.1) is 11.2 Å². The van der Waals surface area contributed by atoms with Gasteiger partial charge in [-0.15, -0.1) is 11.3 Å². The molecule has 1 unspecified atom stereocenters. The Morgan fingerprint density at radius 1 is 1.47 bits per heavy atom. The minimum atomic E-state index is -0.260. The summed E-state index contributed by atoms with van der Waals surface area (Å²) in [6.45, 7) is 4.93. The molecule has 2 heterocycles. The van der Waals surface area contributed by atoms with E-state index in [1.54, 1.807) is 23.6 Å². The summed E-state index contributed by atoms with van der Waals surface area (Å²) >= 11 is 1.62. The first-order valence-electron chi connectivity index (χ1n) is 6.44. The molecular formula is C14H18FN3S. The van der Waals surface area contributed by atoms with E-state index < -0.39 is 0 Å². The summed E-state index contributed by atoms with van der Waals surface area (Å²) in [6, 6.07) is 1.69. The SMILES string of the molecule is CCCNC(Cc1nc(C)cs1)c1ccncc1F. The van der Waals surface area contributed by atoms with E-state index in [1.807, 2.05) is 12.3 Å². The van der Waals surface area contributed by atoms with Gasteiger partial charge in [-0.25, -0.2) is 9.37 Å². The van der Waals surface area contributed by atoms with Crippen LogP contribution in [0.15, 0.2) is 23.8 Å². The van der Waals surface area contributed by atoms with Crippen molar-refractivity contribution in [3.8, 4) is 0 Å². The Labute approximate surface area is 116 Å². The van der Waals surface area contributed by atoms with Gasteiger partial charge >= 0.3 is 0 Å². The molecule has 0 saturated heterocycles. The average Bonchev–Trinajstić information content (AvgIpc) is 2.81. The van der Waals surface area contributed by atoms with Crippen LogP contribution < -0.4 is 5.32 Å². The van der Waals surface area contributed by atoms with Crippen molar-refractivity contribution in [2.24, 2.45) is 0 Å². The first-order chi connectivity index (χ1) is 9.20. The number of thiazole rings is 1. The summed E-state index contributed by atoms with van der Waals surface area (Å²) in [5.41, 5.74) is 1.68. The Kier molecular flexibility index (Phi) is 4.99. The van der Waals surface area contributed by atoms with Crippen LogP contribution in [-0.2, 0) is 6.42 Å². The molecule has 0 amide bonds. The summed E-state index contributed by atoms with van der Waals surface area (Å²) in [5.74, 6) is -0.260. The number of nitrogens with one attached hydrogen (secondary N) is 1. The third kappa shape index (κ3) is 3.81. The van der Waals surface area contributed by atoms with Gasteiger partial charge in [-0.1, -0.05) is 6.92 Å². The highest BCUT2D eigenvalue weighted by atomic mass is 32.1. The topological polar surface area (TPSA) is 37.8 Å². The van der Waals surface area contributed by atoms with E-state index in [4.69, 9.17) is 0 Å². The zero-order valence-electron chi connectivity index (χ0n) is 11.2. The van der Waals surface area contributed by atoms with Gasteiger partial charge in [0.15, 0.2) is 0 Å². The van der Waals surface area contributed by atoms with Crippen molar-refractivity contribution in [3.05, 3.63) is 45.9 Å². The molecule has 0 aliphatic carbocycles. The second-order valence-corrected chi connectivity index (χ2v) is 5.43. The number of rotatable bonds is 6. The normalized spacial score (nSPS) is 12.6. The van der Waals surface area contributed by atoms with Crippen molar-refractivity contribution < 1.29 is 4.39 Å². The molecule has 102 valence electrons. The van der Waals surface area contributed by atoms with E-state index in [0.717, 1.165) is 23.7 Å². The standard InChI is InChI=1S/C14H18FN3S/c1-3-5-17-13(7-14-18-10(2)9-19-14)11-4-6-16-8-12(11)15/h4,6,8-9,13,17H,3,5,7H2,1-2H3. The van der Waals surface area contributed by atoms with Crippen molar-refractivity contribution in [1.29, 1.82) is 0 Å². The summed E-state index contributed by atoms with van der Waals surface area (Å²) in [4.78, 5) is 8.26. The van der Waals surface area contributed by atoms with Gasteiger partial charge in [0, 0.05) is 35.3 Å². The summed E-state index contributed by atoms with van der Waals surface area (Å²) in [7, 11) is 0. The predicted octanol–water partition coefficient (Wildman–Crippen LogP) is 3.27. The third-order valence-corrected chi connectivity index (χ3v) is 3.85. The Morgan fingerprint density at radius 3 is 2.95 bits per heavy atom. The fourth-order valence-corrected chi connectivity index (χ4v) is 2.77. The second-order valence-electron chi connectivity index (χ2n) is 4.49. The van der Waals surface area contributed by atoms with Gasteiger partial charge in [-0.2, -0.15) is 0 Å². The largest absolute Gasteiger partial charge is 0.309 e. The molecule has 2 aromatic heterocycles. The second kappa shape index (κ2) is 6.73. The van der Waals surface area contributed by atoms with E-state index in [0.29, 0.717) is 12.0 Å². The first-order valence-corrected chi connectivity index (χ1v) is 7.32. The van der Waals surface area contributed by atoms with Crippen LogP contribution in [0.4, 0.5) is 4.39 Å². The number of halogens is 1. The Bertz CT molecular complexity index is 527. The summed E-state index contributed by atoms with van der Waals surface area (Å²) in [5, 5.41) is 6.44. The van der Waals surface area contributed by atoms with Crippen molar-refractivity contribution in [2.75, 3.05) is 6.54 Å². The number of hydrogen-bond donors (Lipinski definition) is 1. The number of nitrogens with zero attached hydrogens (tertiary/aromatic N) is 2. The molecule has 1 atom stereocenters. The maximum atomic E-state index is 13.9. The molecule has 2 rings (SSSR count). The molecule has 0 saturated carbocycles. The minimum absolute atomic E-state index is 0.0477. The van der Waals surface area contributed by atoms with Gasteiger partial charge in [0.25, 0.3) is 0 Å². The van der Waals surface area contributed by atoms with Crippen molar-refractivity contribution in [2.45, 2.75) is 32.7 Å². The lowest BCUT2D eigenvalue weighted by Gasteiger charge is -2.18. The van der Waals surface area contributed by atoms with E-state index >= 15 is 0 Å². The molecule has 19 heavy (non-hydrogen) atoms. The van der Waals surface area contributed by atoms with Crippen LogP contribution in [0.3, 0.4) is 0 Å². The molecule has 1 N–H and O–H groups in total. The molecule has 0 aromatic carbocycles. The van der Waals surface area contributed by atoms with E-state index in [2.05, 4.69) is 22.2 Å². The zero-order valence-corrected chi connectivity index (χ0v) is 12.0. The molecule has 0 radical (unpaired) electrons. The molecular weight excluding hydrogens is 261 g/mol. The average molecular weight is 279 g/mol. The Balaban J connectivity index is 2.18. The highest BCUT2D eigenvalue weighted by Crippen LogP contribution is 2.22. The van der Waals surface area contributed by atoms with Crippen molar-refractivity contribution in [1.82, 2.24) is 15.3 Å². The maximum absolute atomic E-state index is 13.9. The highest BCUT2D eigenvalue weighted by molar-refractivity contribution is 7.09. The van der Waals surface area contributed by atoms with Gasteiger partial charge < -0.3 is 5.32 Å². The Hall–Kier alpha value is -1.33.